The van der Waals surface area contributed by atoms with Crippen LogP contribution < -0.4 is 10.2 Å². The Morgan fingerprint density at radius 2 is 2.00 bits per heavy atom. The molecular formula is C19H24N4O2. The molecule has 0 radical (unpaired) electrons. The average Bonchev–Trinajstić information content (AvgIpc) is 3.13. The van der Waals surface area contributed by atoms with Gasteiger partial charge in [-0.05, 0) is 43.9 Å². The van der Waals surface area contributed by atoms with Crippen LogP contribution in [0.3, 0.4) is 0 Å². The van der Waals surface area contributed by atoms with Crippen LogP contribution in [0.25, 0.3) is 0 Å². The maximum Gasteiger partial charge on any atom is 0.246 e. The lowest BCUT2D eigenvalue weighted by Crippen LogP contribution is -2.39. The fourth-order valence-electron chi connectivity index (χ4n) is 3.37. The highest BCUT2D eigenvalue weighted by Gasteiger charge is 2.24. The van der Waals surface area contributed by atoms with E-state index in [4.69, 9.17) is 0 Å². The van der Waals surface area contributed by atoms with Crippen molar-refractivity contribution in [1.82, 2.24) is 15.1 Å². The molecule has 6 heteroatoms. The molecule has 1 aromatic heterocycles. The molecule has 0 atom stereocenters. The van der Waals surface area contributed by atoms with Crippen molar-refractivity contribution in [2.24, 2.45) is 7.05 Å². The number of rotatable bonds is 5. The highest BCUT2D eigenvalue weighted by molar-refractivity contribution is 5.98. The molecule has 132 valence electrons. The van der Waals surface area contributed by atoms with Gasteiger partial charge in [0.1, 0.15) is 0 Å². The highest BCUT2D eigenvalue weighted by Crippen LogP contribution is 2.27. The predicted molar refractivity (Wildman–Crippen MR) is 96.5 cm³/mol. The number of fused-ring (bicyclic) bond motifs is 1. The van der Waals surface area contributed by atoms with E-state index in [1.807, 2.05) is 49.8 Å². The van der Waals surface area contributed by atoms with Crippen LogP contribution in [-0.2, 0) is 29.5 Å². The summed E-state index contributed by atoms with van der Waals surface area (Å²) in [4.78, 5) is 26.3. The first-order chi connectivity index (χ1) is 12.0. The van der Waals surface area contributed by atoms with Crippen molar-refractivity contribution in [3.63, 3.8) is 0 Å². The molecule has 1 aromatic carbocycles. The molecule has 0 saturated heterocycles. The van der Waals surface area contributed by atoms with Crippen LogP contribution in [-0.4, -0.2) is 34.7 Å². The zero-order valence-corrected chi connectivity index (χ0v) is 15.0. The number of nitrogens with zero attached hydrogens (tertiary/aromatic N) is 3. The van der Waals surface area contributed by atoms with Gasteiger partial charge in [-0.3, -0.25) is 14.3 Å². The molecule has 1 aliphatic rings. The Morgan fingerprint density at radius 3 is 2.72 bits per heavy atom. The molecule has 3 rings (SSSR count). The van der Waals surface area contributed by atoms with Crippen molar-refractivity contribution >= 4 is 17.5 Å². The van der Waals surface area contributed by atoms with Gasteiger partial charge in [0.05, 0.1) is 12.2 Å². The number of hydrogen-bond acceptors (Lipinski definition) is 3. The molecule has 2 heterocycles. The first-order valence-corrected chi connectivity index (χ1v) is 8.61. The monoisotopic (exact) mass is 340 g/mol. The predicted octanol–water partition coefficient (Wildman–Crippen LogP) is 1.68. The van der Waals surface area contributed by atoms with E-state index in [0.29, 0.717) is 19.4 Å². The summed E-state index contributed by atoms with van der Waals surface area (Å²) >= 11 is 0. The Morgan fingerprint density at radius 1 is 1.24 bits per heavy atom. The van der Waals surface area contributed by atoms with Crippen molar-refractivity contribution in [2.75, 3.05) is 18.0 Å². The largest absolute Gasteiger partial charge is 0.347 e. The Kier molecular flexibility index (Phi) is 4.88. The molecule has 0 aliphatic carbocycles. The number of para-hydroxylation sites is 1. The second kappa shape index (κ2) is 7.09. The van der Waals surface area contributed by atoms with Gasteiger partial charge in [0.15, 0.2) is 0 Å². The van der Waals surface area contributed by atoms with Gasteiger partial charge >= 0.3 is 0 Å². The summed E-state index contributed by atoms with van der Waals surface area (Å²) in [6.07, 6.45) is 1.87. The van der Waals surface area contributed by atoms with Gasteiger partial charge in [0.2, 0.25) is 11.8 Å². The molecule has 6 nitrogen and oxygen atoms in total. The normalized spacial score (nSPS) is 13.0. The number of amides is 2. The fraction of sp³-hybridized carbons (Fsp3) is 0.421. The van der Waals surface area contributed by atoms with Crippen LogP contribution in [0.4, 0.5) is 5.69 Å². The third-order valence-electron chi connectivity index (χ3n) is 4.89. The standard InChI is InChI=1S/C19H24N4O2/c1-13-16(14(2)22(3)21-13)8-9-18(24)20-12-19(25)23-11-10-15-6-4-5-7-17(15)23/h4-7H,8-12H2,1-3H3,(H,20,24). The minimum absolute atomic E-state index is 0.0399. The molecule has 0 fully saturated rings. The summed E-state index contributed by atoms with van der Waals surface area (Å²) in [6.45, 7) is 4.68. The SMILES string of the molecule is Cc1nn(C)c(C)c1CCC(=O)NCC(=O)N1CCc2ccccc21. The number of hydrogen-bond donors (Lipinski definition) is 1. The fourth-order valence-corrected chi connectivity index (χ4v) is 3.37. The molecule has 1 aliphatic heterocycles. The highest BCUT2D eigenvalue weighted by atomic mass is 16.2. The van der Waals surface area contributed by atoms with Crippen LogP contribution in [0, 0.1) is 13.8 Å². The molecular weight excluding hydrogens is 316 g/mol. The molecule has 0 bridgehead atoms. The quantitative estimate of drug-likeness (QED) is 0.900. The zero-order valence-electron chi connectivity index (χ0n) is 15.0. The second-order valence-corrected chi connectivity index (χ2v) is 6.47. The third-order valence-corrected chi connectivity index (χ3v) is 4.89. The van der Waals surface area contributed by atoms with Gasteiger partial charge in [-0.25, -0.2) is 0 Å². The number of aryl methyl sites for hydroxylation is 2. The van der Waals surface area contributed by atoms with Gasteiger partial charge in [0.25, 0.3) is 0 Å². The van der Waals surface area contributed by atoms with Crippen LogP contribution in [0.5, 0.6) is 0 Å². The summed E-state index contributed by atoms with van der Waals surface area (Å²) in [6, 6.07) is 7.91. The van der Waals surface area contributed by atoms with Gasteiger partial charge in [-0.2, -0.15) is 5.10 Å². The van der Waals surface area contributed by atoms with Gasteiger partial charge in [-0.1, -0.05) is 18.2 Å². The van der Waals surface area contributed by atoms with E-state index in [1.165, 1.54) is 5.56 Å². The lowest BCUT2D eigenvalue weighted by molar-refractivity contribution is -0.124. The third kappa shape index (κ3) is 3.57. The van der Waals surface area contributed by atoms with Crippen LogP contribution in [0.1, 0.15) is 28.9 Å². The van der Waals surface area contributed by atoms with E-state index in [0.717, 1.165) is 29.1 Å². The Labute approximate surface area is 147 Å². The zero-order chi connectivity index (χ0) is 18.0. The summed E-state index contributed by atoms with van der Waals surface area (Å²) in [7, 11) is 1.90. The average molecular weight is 340 g/mol. The van der Waals surface area contributed by atoms with E-state index in [-0.39, 0.29) is 18.4 Å². The van der Waals surface area contributed by atoms with Gasteiger partial charge < -0.3 is 10.2 Å². The molecule has 1 N–H and O–H groups in total. The first-order valence-electron chi connectivity index (χ1n) is 8.61. The summed E-state index contributed by atoms with van der Waals surface area (Å²) in [5.41, 5.74) is 5.29. The van der Waals surface area contributed by atoms with E-state index in [2.05, 4.69) is 10.4 Å². The molecule has 2 amide bonds. The summed E-state index contributed by atoms with van der Waals surface area (Å²) in [5.74, 6) is -0.171. The summed E-state index contributed by atoms with van der Waals surface area (Å²) in [5, 5.41) is 7.11. The molecule has 0 saturated carbocycles. The van der Waals surface area contributed by atoms with Gasteiger partial charge in [-0.15, -0.1) is 0 Å². The van der Waals surface area contributed by atoms with Crippen LogP contribution in [0.2, 0.25) is 0 Å². The number of aromatic nitrogens is 2. The van der Waals surface area contributed by atoms with Crippen molar-refractivity contribution in [3.8, 4) is 0 Å². The second-order valence-electron chi connectivity index (χ2n) is 6.47. The summed E-state index contributed by atoms with van der Waals surface area (Å²) < 4.78 is 1.83. The first kappa shape index (κ1) is 17.2. The maximum atomic E-state index is 12.4. The Balaban J connectivity index is 1.50. The van der Waals surface area contributed by atoms with E-state index < -0.39 is 0 Å². The van der Waals surface area contributed by atoms with Crippen molar-refractivity contribution < 1.29 is 9.59 Å². The van der Waals surface area contributed by atoms with Gasteiger partial charge in [0, 0.05) is 31.4 Å². The maximum absolute atomic E-state index is 12.4. The Hall–Kier alpha value is -2.63. The van der Waals surface area contributed by atoms with Crippen molar-refractivity contribution in [1.29, 1.82) is 0 Å². The number of benzene rings is 1. The number of carbonyl (C=O) groups excluding carboxylic acids is 2. The molecule has 0 spiro atoms. The van der Waals surface area contributed by atoms with Crippen LogP contribution >= 0.6 is 0 Å². The minimum atomic E-state index is -0.108. The van der Waals surface area contributed by atoms with Crippen LogP contribution in [0.15, 0.2) is 24.3 Å². The smallest absolute Gasteiger partial charge is 0.246 e. The van der Waals surface area contributed by atoms with E-state index in [9.17, 15) is 9.59 Å². The lowest BCUT2D eigenvalue weighted by Gasteiger charge is -2.17. The molecule has 2 aromatic rings. The number of nitrogens with one attached hydrogen (secondary N) is 1. The number of anilines is 1. The molecule has 0 unspecified atom stereocenters. The minimum Gasteiger partial charge on any atom is -0.347 e. The van der Waals surface area contributed by atoms with E-state index in [1.54, 1.807) is 4.90 Å². The van der Waals surface area contributed by atoms with Crippen molar-refractivity contribution in [2.45, 2.75) is 33.1 Å². The topological polar surface area (TPSA) is 67.2 Å². The van der Waals surface area contributed by atoms with E-state index >= 15 is 0 Å². The number of carbonyl (C=O) groups is 2. The lowest BCUT2D eigenvalue weighted by atomic mass is 10.1. The molecule has 25 heavy (non-hydrogen) atoms. The van der Waals surface area contributed by atoms with Crippen molar-refractivity contribution in [3.05, 3.63) is 46.8 Å². The Bertz CT molecular complexity index is 810.